The molecule has 0 unspecified atom stereocenters. The van der Waals surface area contributed by atoms with Crippen LogP contribution in [0.15, 0.2) is 0 Å². The Morgan fingerprint density at radius 3 is 1.03 bits per heavy atom. The maximum Gasteiger partial charge on any atom is 0.326 e. The monoisotopic (exact) mass is 502 g/mol. The third-order valence-corrected chi connectivity index (χ3v) is 9.13. The molecule has 8 aliphatic heterocycles. The molecule has 190 valence electrons. The highest BCUT2D eigenvalue weighted by Gasteiger charge is 2.77. The van der Waals surface area contributed by atoms with Crippen LogP contribution in [0.1, 0.15) is 13.8 Å². The molecule has 0 radical (unpaired) electrons. The number of nitrogens with one attached hydrogen (secondary N) is 4. The van der Waals surface area contributed by atoms with E-state index in [9.17, 15) is 28.8 Å². The van der Waals surface area contributed by atoms with Gasteiger partial charge in [-0.05, 0) is 13.8 Å². The number of carbonyl (C=O) groups is 6. The van der Waals surface area contributed by atoms with Gasteiger partial charge in [-0.1, -0.05) is 0 Å². The van der Waals surface area contributed by atoms with Gasteiger partial charge in [0.25, 0.3) is 0 Å². The average Bonchev–Trinajstić information content (AvgIpc) is 3.51. The number of rotatable bonds is 0. The van der Waals surface area contributed by atoms with Gasteiger partial charge in [0.1, 0.15) is 39.0 Å². The van der Waals surface area contributed by atoms with E-state index in [1.807, 2.05) is 0 Å². The minimum Gasteiger partial charge on any atom is -0.314 e. The molecule has 8 fully saturated rings. The second kappa shape index (κ2) is 5.54. The first kappa shape index (κ1) is 19.9. The third-order valence-electron chi connectivity index (χ3n) is 9.13. The van der Waals surface area contributed by atoms with Crippen LogP contribution in [0.2, 0.25) is 0 Å². The van der Waals surface area contributed by atoms with Crippen LogP contribution in [-0.4, -0.2) is 138 Å². The van der Waals surface area contributed by atoms with Crippen LogP contribution in [0.5, 0.6) is 0 Å². The first-order valence-electron chi connectivity index (χ1n) is 11.5. The number of hydrogen-bond donors (Lipinski definition) is 4. The molecule has 12 amide bonds. The van der Waals surface area contributed by atoms with Crippen molar-refractivity contribution in [1.82, 2.24) is 60.5 Å². The van der Waals surface area contributed by atoms with Gasteiger partial charge in [0.05, 0.1) is 0 Å². The molecular weight excluding hydrogens is 480 g/mol. The number of nitrogens with zero attached hydrogens (tertiary/aromatic N) is 8. The highest BCUT2D eigenvalue weighted by molar-refractivity contribution is 5.92. The minimum absolute atomic E-state index is 0.194. The van der Waals surface area contributed by atoms with Gasteiger partial charge in [-0.2, -0.15) is 0 Å². The molecule has 0 aromatic heterocycles. The van der Waals surface area contributed by atoms with Crippen LogP contribution in [0.4, 0.5) is 28.8 Å². The summed E-state index contributed by atoms with van der Waals surface area (Å²) in [6, 6.07) is -2.78. The quantitative estimate of drug-likeness (QED) is 0.277. The predicted octanol–water partition coefficient (Wildman–Crippen LogP) is -2.84. The summed E-state index contributed by atoms with van der Waals surface area (Å²) in [7, 11) is 0. The van der Waals surface area contributed by atoms with E-state index in [-0.39, 0.29) is 26.7 Å². The summed E-state index contributed by atoms with van der Waals surface area (Å²) >= 11 is 0. The lowest BCUT2D eigenvalue weighted by Crippen LogP contribution is -2.71. The second-order valence-corrected chi connectivity index (χ2v) is 10.3. The highest BCUT2D eigenvalue weighted by Crippen LogP contribution is 2.53. The Bertz CT molecular complexity index is 1060. The number of urea groups is 6. The molecule has 0 aliphatic carbocycles. The molecule has 8 saturated heterocycles. The Kier molecular flexibility index (Phi) is 3.06. The Morgan fingerprint density at radius 1 is 0.528 bits per heavy atom. The van der Waals surface area contributed by atoms with Crippen LogP contribution in [0, 0.1) is 0 Å². The van der Waals surface area contributed by atoms with E-state index in [0.29, 0.717) is 0 Å². The van der Waals surface area contributed by atoms with Gasteiger partial charge in [-0.25, -0.2) is 28.8 Å². The molecule has 18 nitrogen and oxygen atoms in total. The van der Waals surface area contributed by atoms with E-state index in [4.69, 9.17) is 0 Å². The van der Waals surface area contributed by atoms with Gasteiger partial charge < -0.3 is 21.3 Å². The number of amides is 12. The van der Waals surface area contributed by atoms with Gasteiger partial charge >= 0.3 is 36.2 Å². The highest BCUT2D eigenvalue weighted by atomic mass is 16.2. The zero-order chi connectivity index (χ0) is 25.0. The summed E-state index contributed by atoms with van der Waals surface area (Å²) in [6.07, 6.45) is -2.87. The van der Waals surface area contributed by atoms with Crippen molar-refractivity contribution in [2.24, 2.45) is 0 Å². The first-order chi connectivity index (χ1) is 17.1. The van der Waals surface area contributed by atoms with E-state index < -0.39 is 72.2 Å². The van der Waals surface area contributed by atoms with Crippen molar-refractivity contribution in [2.45, 2.75) is 49.8 Å². The molecular formula is C18H22N12O6. The molecule has 36 heavy (non-hydrogen) atoms. The van der Waals surface area contributed by atoms with E-state index in [1.54, 1.807) is 13.8 Å². The van der Waals surface area contributed by atoms with Gasteiger partial charge in [0, 0.05) is 0 Å². The molecule has 0 bridgehead atoms. The molecule has 0 atom stereocenters. The van der Waals surface area contributed by atoms with Crippen molar-refractivity contribution in [1.29, 1.82) is 0 Å². The van der Waals surface area contributed by atoms with Crippen LogP contribution < -0.4 is 21.3 Å². The number of carbonyl (C=O) groups excluding carboxylic acids is 6. The Hall–Kier alpha value is -4.38. The summed E-state index contributed by atoms with van der Waals surface area (Å²) in [5, 5.41) is 10.8. The van der Waals surface area contributed by atoms with E-state index in [0.717, 1.165) is 0 Å². The van der Waals surface area contributed by atoms with Crippen molar-refractivity contribution in [2.75, 3.05) is 26.7 Å². The summed E-state index contributed by atoms with van der Waals surface area (Å²) < 4.78 is 0. The summed E-state index contributed by atoms with van der Waals surface area (Å²) in [5.41, 5.74) is -2.71. The Labute approximate surface area is 202 Å². The first-order valence-corrected chi connectivity index (χ1v) is 11.5. The van der Waals surface area contributed by atoms with Crippen LogP contribution >= 0.6 is 0 Å². The van der Waals surface area contributed by atoms with Crippen LogP contribution in [0.25, 0.3) is 0 Å². The molecule has 8 heterocycles. The third kappa shape index (κ3) is 1.78. The summed E-state index contributed by atoms with van der Waals surface area (Å²) in [5.74, 6) is 0. The normalized spacial score (nSPS) is 41.6. The lowest BCUT2D eigenvalue weighted by atomic mass is 9.95. The molecule has 0 aromatic rings. The van der Waals surface area contributed by atoms with Crippen LogP contribution in [-0.2, 0) is 0 Å². The molecule has 8 rings (SSSR count). The maximum atomic E-state index is 14.0. The molecule has 8 aliphatic rings. The summed E-state index contributed by atoms with van der Waals surface area (Å²) in [4.78, 5) is 90.7. The van der Waals surface area contributed by atoms with Gasteiger partial charge in [-0.3, -0.25) is 39.2 Å². The van der Waals surface area contributed by atoms with E-state index in [2.05, 4.69) is 21.3 Å². The zero-order valence-corrected chi connectivity index (χ0v) is 19.2. The van der Waals surface area contributed by atoms with Crippen LogP contribution in [0.3, 0.4) is 0 Å². The lowest BCUT2D eigenvalue weighted by molar-refractivity contribution is -0.106. The Balaban J connectivity index is 1.31. The molecule has 0 aromatic carbocycles. The van der Waals surface area contributed by atoms with E-state index in [1.165, 1.54) is 39.2 Å². The van der Waals surface area contributed by atoms with Crippen molar-refractivity contribution < 1.29 is 28.8 Å². The predicted molar refractivity (Wildman–Crippen MR) is 111 cm³/mol. The fraction of sp³-hybridized carbons (Fsp3) is 0.667. The topological polar surface area (TPSA) is 176 Å². The average molecular weight is 502 g/mol. The van der Waals surface area contributed by atoms with Crippen molar-refractivity contribution in [3.05, 3.63) is 0 Å². The van der Waals surface area contributed by atoms with Crippen molar-refractivity contribution >= 4 is 36.2 Å². The smallest absolute Gasteiger partial charge is 0.314 e. The Morgan fingerprint density at radius 2 is 0.778 bits per heavy atom. The molecule has 0 spiro atoms. The number of hydrogen-bond acceptors (Lipinski definition) is 6. The van der Waals surface area contributed by atoms with Gasteiger partial charge in [0.2, 0.25) is 0 Å². The zero-order valence-electron chi connectivity index (χ0n) is 19.2. The van der Waals surface area contributed by atoms with Gasteiger partial charge in [0.15, 0.2) is 23.7 Å². The minimum atomic E-state index is -1.36. The molecule has 0 saturated carbocycles. The fourth-order valence-electron chi connectivity index (χ4n) is 7.12. The lowest BCUT2D eigenvalue weighted by Gasteiger charge is -2.50. The molecule has 18 heteroatoms. The molecule has 4 N–H and O–H groups in total. The SMILES string of the molecule is C[C@]12N3CN4C(=O)N[C@H]5NC(=O)N(CN1C(=O)N1CN6C(=O)N[C@H]7NC(=O)N(CN(C3=O)[C@]12C)[C@H]76)[C@H]54. The summed E-state index contributed by atoms with van der Waals surface area (Å²) in [6.45, 7) is 2.64. The van der Waals surface area contributed by atoms with E-state index >= 15 is 0 Å². The van der Waals surface area contributed by atoms with Gasteiger partial charge in [-0.15, -0.1) is 0 Å². The maximum absolute atomic E-state index is 14.0. The van der Waals surface area contributed by atoms with Crippen molar-refractivity contribution in [3.8, 4) is 0 Å². The standard InChI is InChI=1S/C18H22N12O6/c1-17-18(2)29-5-25-10-8(21-13(25)33)22-14(34)26(10)6-30(18)16(36)28(17)4-24-9-7(20-12(24)32)19-11(31)23(9)3-27(17)15(29)35/h7-10H,3-6H2,1-2H3,(H,19,31)(H,20,32)(H,21,33)(H,22,34)/t7-,8+,9+,10-,17-,18+. The van der Waals surface area contributed by atoms with Crippen molar-refractivity contribution in [3.63, 3.8) is 0 Å². The second-order valence-electron chi connectivity index (χ2n) is 10.3. The largest absolute Gasteiger partial charge is 0.326 e. The fourth-order valence-corrected chi connectivity index (χ4v) is 7.12.